The lowest BCUT2D eigenvalue weighted by Crippen LogP contribution is -2.40. The second-order valence-electron chi connectivity index (χ2n) is 13.5. The molecule has 4 aliphatic carbocycles. The number of aromatic nitrogens is 7. The van der Waals surface area contributed by atoms with Crippen LogP contribution in [0.25, 0.3) is 38.4 Å². The van der Waals surface area contributed by atoms with E-state index >= 15 is 0 Å². The van der Waals surface area contributed by atoms with Crippen LogP contribution in [-0.2, 0) is 6.54 Å². The predicted molar refractivity (Wildman–Crippen MR) is 175 cm³/mol. The molecule has 10 rings (SSSR count). The minimum absolute atomic E-state index is 0.373. The molecule has 5 aromatic heterocycles. The Balaban J connectivity index is 0.995. The van der Waals surface area contributed by atoms with Gasteiger partial charge in [-0.3, -0.25) is 9.08 Å². The predicted octanol–water partition coefficient (Wildman–Crippen LogP) is 7.79. The van der Waals surface area contributed by atoms with Crippen molar-refractivity contribution in [2.24, 2.45) is 23.2 Å². The molecular formula is C35H33N9S. The maximum atomic E-state index is 10.3. The second-order valence-corrected chi connectivity index (χ2v) is 14.6. The fourth-order valence-corrected chi connectivity index (χ4v) is 9.75. The van der Waals surface area contributed by atoms with Crippen molar-refractivity contribution in [3.8, 4) is 28.6 Å². The summed E-state index contributed by atoms with van der Waals surface area (Å²) < 4.78 is 5.22. The summed E-state index contributed by atoms with van der Waals surface area (Å²) in [5.74, 6) is 4.02. The highest BCUT2D eigenvalue weighted by Gasteiger charge is 2.48. The number of nitrogens with zero attached hydrogens (tertiary/aromatic N) is 8. The summed E-state index contributed by atoms with van der Waals surface area (Å²) in [4.78, 5) is 9.25. The highest BCUT2D eigenvalue weighted by atomic mass is 32.1. The van der Waals surface area contributed by atoms with E-state index in [1.165, 1.54) is 44.9 Å². The van der Waals surface area contributed by atoms with Gasteiger partial charge in [0.1, 0.15) is 17.5 Å². The van der Waals surface area contributed by atoms with Gasteiger partial charge in [0, 0.05) is 41.3 Å². The van der Waals surface area contributed by atoms with Gasteiger partial charge in [0.2, 0.25) is 0 Å². The van der Waals surface area contributed by atoms with E-state index in [0.29, 0.717) is 28.3 Å². The Bertz CT molecular complexity index is 2070. The van der Waals surface area contributed by atoms with Crippen LogP contribution in [0.5, 0.6) is 0 Å². The zero-order valence-electron chi connectivity index (χ0n) is 25.1. The number of pyridine rings is 2. The summed E-state index contributed by atoms with van der Waals surface area (Å²) in [7, 11) is 0. The maximum Gasteiger partial charge on any atom is 0.189 e. The van der Waals surface area contributed by atoms with Gasteiger partial charge in [-0.15, -0.1) is 10.2 Å². The van der Waals surface area contributed by atoms with E-state index < -0.39 is 0 Å². The number of thiazole rings is 1. The molecule has 4 bridgehead atoms. The lowest BCUT2D eigenvalue weighted by molar-refractivity contribution is 0.0169. The van der Waals surface area contributed by atoms with Crippen molar-refractivity contribution in [1.82, 2.24) is 34.3 Å². The van der Waals surface area contributed by atoms with Gasteiger partial charge < -0.3 is 5.32 Å². The third-order valence-corrected chi connectivity index (χ3v) is 11.6. The molecule has 0 saturated heterocycles. The van der Waals surface area contributed by atoms with Crippen LogP contribution in [0.15, 0.2) is 61.1 Å². The maximum absolute atomic E-state index is 10.3. The number of hydrogen-bond acceptors (Lipinski definition) is 8. The molecule has 5 heterocycles. The second kappa shape index (κ2) is 10.2. The Kier molecular flexibility index (Phi) is 6.07. The van der Waals surface area contributed by atoms with Gasteiger partial charge in [0.05, 0.1) is 16.4 Å². The first-order valence-corrected chi connectivity index (χ1v) is 16.8. The summed E-state index contributed by atoms with van der Waals surface area (Å²) in [6.07, 6.45) is 15.4. The Hall–Kier alpha value is -4.62. The van der Waals surface area contributed by atoms with Crippen LogP contribution in [0.4, 0.5) is 10.9 Å². The number of nitriles is 1. The molecule has 1 N–H and O–H groups in total. The SMILES string of the molecule is Cc1c(-c2ccn3c(-c4ccc(Nc5nc6ccccc6s5)nc4)nnc3c2C#N)cnn1CC12CC3CCC(CC(C3)C1)C2. The Morgan fingerprint density at radius 3 is 2.58 bits per heavy atom. The van der Waals surface area contributed by atoms with Crippen molar-refractivity contribution in [2.45, 2.75) is 58.4 Å². The van der Waals surface area contributed by atoms with E-state index in [9.17, 15) is 5.26 Å². The average Bonchev–Trinajstić information content (AvgIpc) is 3.71. The summed E-state index contributed by atoms with van der Waals surface area (Å²) >= 11 is 1.59. The minimum Gasteiger partial charge on any atom is -0.316 e. The van der Waals surface area contributed by atoms with E-state index in [4.69, 9.17) is 5.10 Å². The molecule has 0 radical (unpaired) electrons. The van der Waals surface area contributed by atoms with Gasteiger partial charge in [-0.1, -0.05) is 36.3 Å². The first kappa shape index (κ1) is 26.8. The van der Waals surface area contributed by atoms with Crippen molar-refractivity contribution in [1.29, 1.82) is 5.26 Å². The van der Waals surface area contributed by atoms with Gasteiger partial charge in [-0.2, -0.15) is 10.4 Å². The van der Waals surface area contributed by atoms with Crippen LogP contribution >= 0.6 is 11.3 Å². The van der Waals surface area contributed by atoms with Crippen molar-refractivity contribution in [3.63, 3.8) is 0 Å². The van der Waals surface area contributed by atoms with Crippen LogP contribution < -0.4 is 5.32 Å². The molecule has 6 aromatic rings. The summed E-state index contributed by atoms with van der Waals surface area (Å²) in [6, 6.07) is 16.4. The molecule has 0 spiro atoms. The monoisotopic (exact) mass is 611 g/mol. The van der Waals surface area contributed by atoms with Crippen molar-refractivity contribution >= 4 is 38.2 Å². The molecule has 9 nitrogen and oxygen atoms in total. The normalized spacial score (nSPS) is 23.9. The third-order valence-electron chi connectivity index (χ3n) is 10.6. The first-order valence-electron chi connectivity index (χ1n) is 15.9. The number of anilines is 2. The van der Waals surface area contributed by atoms with E-state index in [1.807, 2.05) is 53.2 Å². The molecule has 224 valence electrons. The molecule has 1 aromatic carbocycles. The van der Waals surface area contributed by atoms with Crippen LogP contribution in [0, 0.1) is 41.4 Å². The summed E-state index contributed by atoms with van der Waals surface area (Å²) in [5.41, 5.74) is 6.15. The largest absolute Gasteiger partial charge is 0.316 e. The minimum atomic E-state index is 0.373. The van der Waals surface area contributed by atoms with Gasteiger partial charge in [0.25, 0.3) is 0 Å². The Labute approximate surface area is 265 Å². The van der Waals surface area contributed by atoms with E-state index in [-0.39, 0.29) is 0 Å². The smallest absolute Gasteiger partial charge is 0.189 e. The van der Waals surface area contributed by atoms with E-state index in [0.717, 1.165) is 62.0 Å². The number of rotatable bonds is 6. The lowest BCUT2D eigenvalue weighted by atomic mass is 9.58. The average molecular weight is 612 g/mol. The van der Waals surface area contributed by atoms with Gasteiger partial charge in [-0.05, 0) is 92.5 Å². The van der Waals surface area contributed by atoms with E-state index in [2.05, 4.69) is 49.2 Å². The van der Waals surface area contributed by atoms with Crippen LogP contribution in [-0.4, -0.2) is 34.3 Å². The molecule has 4 aliphatic rings. The number of benzene rings is 1. The molecule has 0 amide bonds. The van der Waals surface area contributed by atoms with E-state index in [1.54, 1.807) is 17.5 Å². The Morgan fingerprint density at radius 1 is 0.978 bits per heavy atom. The summed E-state index contributed by atoms with van der Waals surface area (Å²) in [6.45, 7) is 3.13. The van der Waals surface area contributed by atoms with Crippen molar-refractivity contribution < 1.29 is 0 Å². The highest BCUT2D eigenvalue weighted by molar-refractivity contribution is 7.22. The third kappa shape index (κ3) is 4.52. The van der Waals surface area contributed by atoms with Gasteiger partial charge in [-0.25, -0.2) is 9.97 Å². The number of para-hydroxylation sites is 1. The zero-order valence-corrected chi connectivity index (χ0v) is 26.0. The molecule has 0 aliphatic heterocycles. The molecule has 4 saturated carbocycles. The molecule has 2 atom stereocenters. The molecule has 2 unspecified atom stereocenters. The first-order chi connectivity index (χ1) is 22.0. The van der Waals surface area contributed by atoms with Crippen LogP contribution in [0.3, 0.4) is 0 Å². The fraction of sp³-hybridized carbons (Fsp3) is 0.371. The fourth-order valence-electron chi connectivity index (χ4n) is 8.88. The number of hydrogen-bond donors (Lipinski definition) is 1. The van der Waals surface area contributed by atoms with Gasteiger partial charge in [0.15, 0.2) is 16.6 Å². The zero-order chi connectivity index (χ0) is 30.1. The number of nitrogens with one attached hydrogen (secondary N) is 1. The van der Waals surface area contributed by atoms with Gasteiger partial charge >= 0.3 is 0 Å². The lowest BCUT2D eigenvalue weighted by Gasteiger charge is -2.48. The van der Waals surface area contributed by atoms with Crippen molar-refractivity contribution in [3.05, 3.63) is 72.3 Å². The van der Waals surface area contributed by atoms with Crippen LogP contribution in [0.1, 0.15) is 56.2 Å². The topological polar surface area (TPSA) is 110 Å². The molecule has 45 heavy (non-hydrogen) atoms. The highest BCUT2D eigenvalue weighted by Crippen LogP contribution is 2.58. The standard InChI is InChI=1S/C35H33N9S/c1-21-28(19-38-44(21)20-35-14-22-6-7-23(15-35)13-24(12-22)16-35)26-10-11-43-32(41-42-33(43)27(26)17-36)25-8-9-31(37-18-25)40-34-39-29-4-2-3-5-30(29)45-34/h2-5,8-11,18-19,22-24H,6-7,12-16,20H2,1H3,(H,37,39,40). The Morgan fingerprint density at radius 2 is 1.80 bits per heavy atom. The number of fused-ring (bicyclic) bond motifs is 3. The summed E-state index contributed by atoms with van der Waals surface area (Å²) in [5, 5.41) is 28.3. The molecule has 10 heteroatoms. The molecular weight excluding hydrogens is 579 g/mol. The quantitative estimate of drug-likeness (QED) is 0.205. The van der Waals surface area contributed by atoms with Crippen molar-refractivity contribution in [2.75, 3.05) is 5.32 Å². The van der Waals surface area contributed by atoms with Crippen LogP contribution in [0.2, 0.25) is 0 Å². The molecule has 4 fully saturated rings.